The molecule has 0 N–H and O–H groups in total. The molecule has 2 heteroatoms. The molecule has 2 nitrogen and oxygen atoms in total. The molecule has 2 rings (SSSR count). The van der Waals surface area contributed by atoms with E-state index in [1.165, 1.54) is 32.6 Å². The predicted octanol–water partition coefficient (Wildman–Crippen LogP) is 2.30. The molecule has 0 aromatic heterocycles. The Hall–Kier alpha value is -0.790. The van der Waals surface area contributed by atoms with Gasteiger partial charge in [-0.2, -0.15) is 0 Å². The van der Waals surface area contributed by atoms with Crippen molar-refractivity contribution in [1.29, 1.82) is 0 Å². The minimum absolute atomic E-state index is 0.179. The van der Waals surface area contributed by atoms with E-state index in [0.717, 1.165) is 11.8 Å². The zero-order valence-electron chi connectivity index (χ0n) is 8.08. The number of rotatable bonds is 4. The average molecular weight is 180 g/mol. The van der Waals surface area contributed by atoms with Crippen LogP contribution in [-0.2, 0) is 9.53 Å². The van der Waals surface area contributed by atoms with E-state index in [-0.39, 0.29) is 5.97 Å². The topological polar surface area (TPSA) is 26.3 Å². The second-order valence-corrected chi connectivity index (χ2v) is 4.06. The molecule has 0 aliphatic heterocycles. The van der Waals surface area contributed by atoms with Crippen molar-refractivity contribution in [2.45, 2.75) is 32.6 Å². The lowest BCUT2D eigenvalue weighted by Gasteiger charge is -2.03. The van der Waals surface area contributed by atoms with Crippen LogP contribution in [0, 0.1) is 11.8 Å². The number of carbonyl (C=O) groups is 1. The lowest BCUT2D eigenvalue weighted by molar-refractivity contribution is -0.139. The fraction of sp³-hybridized carbons (Fsp3) is 0.727. The number of ether oxygens (including phenoxy) is 1. The largest absolute Gasteiger partial charge is 0.462 e. The first-order valence-corrected chi connectivity index (χ1v) is 5.10. The average Bonchev–Trinajstić information content (AvgIpc) is 2.89. The number of esters is 1. The lowest BCUT2D eigenvalue weighted by atomic mass is 10.1. The number of allylic oxidation sites excluding steroid dienone is 1. The molecule has 13 heavy (non-hydrogen) atoms. The summed E-state index contributed by atoms with van der Waals surface area (Å²) in [5, 5.41) is 0. The van der Waals surface area contributed by atoms with E-state index in [2.05, 4.69) is 6.08 Å². The highest BCUT2D eigenvalue weighted by Crippen LogP contribution is 2.48. The summed E-state index contributed by atoms with van der Waals surface area (Å²) in [7, 11) is 0. The molecule has 0 bridgehead atoms. The molecule has 0 aromatic carbocycles. The molecule has 2 aliphatic carbocycles. The van der Waals surface area contributed by atoms with Crippen LogP contribution in [0.25, 0.3) is 0 Å². The Morgan fingerprint density at radius 2 is 1.85 bits per heavy atom. The molecular formula is C11H16O2. The minimum atomic E-state index is -0.179. The third kappa shape index (κ3) is 2.58. The highest BCUT2D eigenvalue weighted by Gasteiger charge is 2.35. The van der Waals surface area contributed by atoms with Crippen LogP contribution in [0.4, 0.5) is 0 Å². The van der Waals surface area contributed by atoms with Crippen molar-refractivity contribution < 1.29 is 9.53 Å². The summed E-state index contributed by atoms with van der Waals surface area (Å²) >= 11 is 0. The van der Waals surface area contributed by atoms with Crippen LogP contribution < -0.4 is 0 Å². The van der Waals surface area contributed by atoms with E-state index in [1.807, 2.05) is 0 Å². The van der Waals surface area contributed by atoms with Crippen molar-refractivity contribution >= 4 is 5.97 Å². The van der Waals surface area contributed by atoms with E-state index in [0.29, 0.717) is 6.61 Å². The van der Waals surface area contributed by atoms with Crippen LogP contribution in [0.3, 0.4) is 0 Å². The summed E-state index contributed by atoms with van der Waals surface area (Å²) in [5.74, 6) is 1.49. The molecule has 0 spiro atoms. The van der Waals surface area contributed by atoms with E-state index >= 15 is 0 Å². The number of hydrogen-bond acceptors (Lipinski definition) is 2. The maximum absolute atomic E-state index is 10.5. The highest BCUT2D eigenvalue weighted by molar-refractivity contribution is 5.66. The third-order valence-electron chi connectivity index (χ3n) is 2.70. The summed E-state index contributed by atoms with van der Waals surface area (Å²) in [5.41, 5.74) is 1.57. The Labute approximate surface area is 79.0 Å². The molecule has 0 amide bonds. The smallest absolute Gasteiger partial charge is 0.302 e. The van der Waals surface area contributed by atoms with Crippen molar-refractivity contribution in [2.24, 2.45) is 11.8 Å². The second kappa shape index (κ2) is 3.52. The van der Waals surface area contributed by atoms with E-state index in [1.54, 1.807) is 5.57 Å². The molecule has 0 aromatic rings. The first-order chi connectivity index (χ1) is 6.27. The number of carbonyl (C=O) groups excluding carboxylic acids is 1. The first-order valence-electron chi connectivity index (χ1n) is 5.10. The van der Waals surface area contributed by atoms with Gasteiger partial charge in [0.1, 0.15) is 6.61 Å². The van der Waals surface area contributed by atoms with Crippen LogP contribution in [-0.4, -0.2) is 12.6 Å². The fourth-order valence-electron chi connectivity index (χ4n) is 1.76. The van der Waals surface area contributed by atoms with Gasteiger partial charge in [0.15, 0.2) is 0 Å². The van der Waals surface area contributed by atoms with E-state index in [9.17, 15) is 4.79 Å². The van der Waals surface area contributed by atoms with Crippen molar-refractivity contribution in [3.05, 3.63) is 11.6 Å². The van der Waals surface area contributed by atoms with Gasteiger partial charge in [-0.1, -0.05) is 5.57 Å². The quantitative estimate of drug-likeness (QED) is 0.490. The normalized spacial score (nSPS) is 21.0. The molecule has 0 radical (unpaired) electrons. The van der Waals surface area contributed by atoms with Crippen LogP contribution in [0.2, 0.25) is 0 Å². The van der Waals surface area contributed by atoms with E-state index in [4.69, 9.17) is 4.74 Å². The van der Waals surface area contributed by atoms with Gasteiger partial charge in [-0.25, -0.2) is 0 Å². The maximum atomic E-state index is 10.5. The van der Waals surface area contributed by atoms with Gasteiger partial charge in [0, 0.05) is 6.92 Å². The van der Waals surface area contributed by atoms with Crippen molar-refractivity contribution in [2.75, 3.05) is 6.61 Å². The lowest BCUT2D eigenvalue weighted by Crippen LogP contribution is -2.00. The Morgan fingerprint density at radius 3 is 2.23 bits per heavy atom. The summed E-state index contributed by atoms with van der Waals surface area (Å²) in [6.45, 7) is 1.94. The minimum Gasteiger partial charge on any atom is -0.462 e. The molecular weight excluding hydrogens is 164 g/mol. The van der Waals surface area contributed by atoms with Gasteiger partial charge in [-0.3, -0.25) is 4.79 Å². The van der Waals surface area contributed by atoms with Gasteiger partial charge < -0.3 is 4.74 Å². The Balaban J connectivity index is 1.82. The molecule has 0 unspecified atom stereocenters. The third-order valence-corrected chi connectivity index (χ3v) is 2.70. The number of hydrogen-bond donors (Lipinski definition) is 0. The second-order valence-electron chi connectivity index (χ2n) is 4.06. The van der Waals surface area contributed by atoms with Crippen molar-refractivity contribution in [1.82, 2.24) is 0 Å². The van der Waals surface area contributed by atoms with Gasteiger partial charge >= 0.3 is 5.97 Å². The Morgan fingerprint density at radius 1 is 1.31 bits per heavy atom. The van der Waals surface area contributed by atoms with E-state index < -0.39 is 0 Å². The van der Waals surface area contributed by atoms with Gasteiger partial charge in [0.25, 0.3) is 0 Å². The maximum Gasteiger partial charge on any atom is 0.302 e. The van der Waals surface area contributed by atoms with Crippen molar-refractivity contribution in [3.63, 3.8) is 0 Å². The summed E-state index contributed by atoms with van der Waals surface area (Å²) in [4.78, 5) is 10.5. The Bertz CT molecular complexity index is 220. The zero-order chi connectivity index (χ0) is 9.26. The van der Waals surface area contributed by atoms with Gasteiger partial charge in [-0.05, 0) is 43.6 Å². The molecule has 0 saturated heterocycles. The zero-order valence-corrected chi connectivity index (χ0v) is 8.08. The van der Waals surface area contributed by atoms with Crippen LogP contribution in [0.1, 0.15) is 32.6 Å². The molecule has 2 fully saturated rings. The predicted molar refractivity (Wildman–Crippen MR) is 50.2 cm³/mol. The molecule has 0 heterocycles. The standard InChI is InChI=1S/C11H16O2/c1-8(12)13-7-6-11(9-2-3-9)10-4-5-10/h6,9-10H,2-5,7H2,1H3. The van der Waals surface area contributed by atoms with Gasteiger partial charge in [0.05, 0.1) is 0 Å². The summed E-state index contributed by atoms with van der Waals surface area (Å²) in [6, 6.07) is 0. The Kier molecular flexibility index (Phi) is 2.38. The highest BCUT2D eigenvalue weighted by atomic mass is 16.5. The monoisotopic (exact) mass is 180 g/mol. The van der Waals surface area contributed by atoms with Crippen LogP contribution in [0.5, 0.6) is 0 Å². The van der Waals surface area contributed by atoms with Crippen molar-refractivity contribution in [3.8, 4) is 0 Å². The summed E-state index contributed by atoms with van der Waals surface area (Å²) in [6.07, 6.45) is 7.53. The van der Waals surface area contributed by atoms with Gasteiger partial charge in [-0.15, -0.1) is 0 Å². The molecule has 72 valence electrons. The molecule has 2 aliphatic rings. The van der Waals surface area contributed by atoms with Crippen LogP contribution in [0.15, 0.2) is 11.6 Å². The van der Waals surface area contributed by atoms with Gasteiger partial charge in [0.2, 0.25) is 0 Å². The fourth-order valence-corrected chi connectivity index (χ4v) is 1.76. The molecule has 2 saturated carbocycles. The molecule has 0 atom stereocenters. The first kappa shape index (κ1) is 8.79. The van der Waals surface area contributed by atoms with Crippen LogP contribution >= 0.6 is 0 Å². The SMILES string of the molecule is CC(=O)OCC=C(C1CC1)C1CC1. The summed E-state index contributed by atoms with van der Waals surface area (Å²) < 4.78 is 4.91.